The maximum absolute atomic E-state index is 12.0. The molecule has 1 aromatic rings. The summed E-state index contributed by atoms with van der Waals surface area (Å²) in [5, 5.41) is 13.3. The number of fused-ring (bicyclic) bond motifs is 1. The van der Waals surface area contributed by atoms with E-state index in [1.807, 2.05) is 0 Å². The number of hydrogen-bond acceptors (Lipinski definition) is 3. The Labute approximate surface area is 101 Å². The Balaban J connectivity index is 2.02. The minimum atomic E-state index is -0.0634. The van der Waals surface area contributed by atoms with Gasteiger partial charge in [0.2, 0.25) is 0 Å². The zero-order valence-electron chi connectivity index (χ0n) is 10.5. The number of nitrogens with zero attached hydrogens (tertiary/aromatic N) is 1. The number of H-pyrrole nitrogens is 1. The van der Waals surface area contributed by atoms with Gasteiger partial charge in [-0.2, -0.15) is 5.10 Å². The number of hydrogen-bond donors (Lipinski definition) is 3. The summed E-state index contributed by atoms with van der Waals surface area (Å²) < 4.78 is 0. The van der Waals surface area contributed by atoms with Crippen molar-refractivity contribution in [3.05, 3.63) is 17.0 Å². The van der Waals surface area contributed by atoms with Gasteiger partial charge in [0, 0.05) is 37.3 Å². The third kappa shape index (κ3) is 2.66. The summed E-state index contributed by atoms with van der Waals surface area (Å²) in [6.07, 6.45) is 1.99. The molecule has 1 aromatic heterocycles. The third-order valence-corrected chi connectivity index (χ3v) is 3.33. The van der Waals surface area contributed by atoms with E-state index in [1.54, 1.807) is 0 Å². The van der Waals surface area contributed by atoms with Crippen molar-refractivity contribution >= 4 is 5.91 Å². The van der Waals surface area contributed by atoms with E-state index in [1.165, 1.54) is 0 Å². The lowest BCUT2D eigenvalue weighted by atomic mass is 10.1. The first-order valence-electron chi connectivity index (χ1n) is 6.27. The first-order chi connectivity index (χ1) is 8.22. The monoisotopic (exact) mass is 236 g/mol. The molecule has 0 saturated heterocycles. The first-order valence-corrected chi connectivity index (χ1v) is 6.27. The molecule has 1 atom stereocenters. The van der Waals surface area contributed by atoms with Gasteiger partial charge in [0.05, 0.1) is 0 Å². The molecular formula is C12H20N4O. The predicted molar refractivity (Wildman–Crippen MR) is 65.8 cm³/mol. The zero-order valence-corrected chi connectivity index (χ0v) is 10.5. The minimum Gasteiger partial charge on any atom is -0.350 e. The van der Waals surface area contributed by atoms with E-state index in [0.29, 0.717) is 18.2 Å². The van der Waals surface area contributed by atoms with Crippen LogP contribution in [0.25, 0.3) is 0 Å². The van der Waals surface area contributed by atoms with Crippen molar-refractivity contribution in [2.75, 3.05) is 13.1 Å². The maximum Gasteiger partial charge on any atom is 0.272 e. The Hall–Kier alpha value is -1.36. The molecule has 17 heavy (non-hydrogen) atoms. The SMILES string of the molecule is CCC(C)CNC(=O)c1n[nH]c2c1CNCC2. The highest BCUT2D eigenvalue weighted by Crippen LogP contribution is 2.15. The normalized spacial score (nSPS) is 16.4. The van der Waals surface area contributed by atoms with E-state index in [4.69, 9.17) is 0 Å². The van der Waals surface area contributed by atoms with Crippen molar-refractivity contribution in [2.24, 2.45) is 5.92 Å². The van der Waals surface area contributed by atoms with E-state index in [2.05, 4.69) is 34.7 Å². The third-order valence-electron chi connectivity index (χ3n) is 3.33. The molecule has 0 fully saturated rings. The van der Waals surface area contributed by atoms with Gasteiger partial charge in [-0.05, 0) is 5.92 Å². The molecule has 1 aliphatic heterocycles. The second-order valence-corrected chi connectivity index (χ2v) is 4.68. The molecule has 1 unspecified atom stereocenters. The number of carbonyl (C=O) groups is 1. The highest BCUT2D eigenvalue weighted by Gasteiger charge is 2.21. The summed E-state index contributed by atoms with van der Waals surface area (Å²) in [6, 6.07) is 0. The zero-order chi connectivity index (χ0) is 12.3. The van der Waals surface area contributed by atoms with Gasteiger partial charge < -0.3 is 10.6 Å². The Morgan fingerprint density at radius 2 is 2.41 bits per heavy atom. The van der Waals surface area contributed by atoms with Gasteiger partial charge in [0.15, 0.2) is 5.69 Å². The smallest absolute Gasteiger partial charge is 0.272 e. The van der Waals surface area contributed by atoms with E-state index in [0.717, 1.165) is 37.2 Å². The van der Waals surface area contributed by atoms with Crippen LogP contribution in [0.3, 0.4) is 0 Å². The summed E-state index contributed by atoms with van der Waals surface area (Å²) in [4.78, 5) is 12.0. The highest BCUT2D eigenvalue weighted by molar-refractivity contribution is 5.94. The van der Waals surface area contributed by atoms with Crippen molar-refractivity contribution in [3.63, 3.8) is 0 Å². The van der Waals surface area contributed by atoms with Crippen molar-refractivity contribution in [3.8, 4) is 0 Å². The Kier molecular flexibility index (Phi) is 3.78. The molecular weight excluding hydrogens is 216 g/mol. The number of aromatic amines is 1. The number of nitrogens with one attached hydrogen (secondary N) is 3. The molecule has 1 amide bonds. The average Bonchev–Trinajstić information content (AvgIpc) is 2.79. The molecule has 2 rings (SSSR count). The Morgan fingerprint density at radius 1 is 1.59 bits per heavy atom. The van der Waals surface area contributed by atoms with E-state index in [-0.39, 0.29) is 5.91 Å². The number of carbonyl (C=O) groups excluding carboxylic acids is 1. The molecule has 5 heteroatoms. The summed E-state index contributed by atoms with van der Waals surface area (Å²) in [7, 11) is 0. The van der Waals surface area contributed by atoms with Crippen molar-refractivity contribution < 1.29 is 4.79 Å². The lowest BCUT2D eigenvalue weighted by Gasteiger charge is -2.13. The molecule has 0 aromatic carbocycles. The maximum atomic E-state index is 12.0. The molecule has 94 valence electrons. The van der Waals surface area contributed by atoms with Gasteiger partial charge in [-0.3, -0.25) is 9.89 Å². The van der Waals surface area contributed by atoms with Crippen LogP contribution in [0.1, 0.15) is 42.0 Å². The first kappa shape index (κ1) is 12.1. The molecule has 3 N–H and O–H groups in total. The summed E-state index contributed by atoms with van der Waals surface area (Å²) in [5.74, 6) is 0.443. The van der Waals surface area contributed by atoms with Gasteiger partial charge in [0.1, 0.15) is 0 Å². The van der Waals surface area contributed by atoms with Gasteiger partial charge in [-0.25, -0.2) is 0 Å². The average molecular weight is 236 g/mol. The second-order valence-electron chi connectivity index (χ2n) is 4.68. The highest BCUT2D eigenvalue weighted by atomic mass is 16.1. The van der Waals surface area contributed by atoms with Crippen LogP contribution in [0.5, 0.6) is 0 Å². The van der Waals surface area contributed by atoms with Gasteiger partial charge in [0.25, 0.3) is 5.91 Å². The van der Waals surface area contributed by atoms with Crippen molar-refractivity contribution in [1.82, 2.24) is 20.8 Å². The van der Waals surface area contributed by atoms with Gasteiger partial charge in [-0.1, -0.05) is 20.3 Å². The van der Waals surface area contributed by atoms with Crippen LogP contribution in [0.15, 0.2) is 0 Å². The molecule has 0 spiro atoms. The summed E-state index contributed by atoms with van der Waals surface area (Å²) >= 11 is 0. The van der Waals surface area contributed by atoms with Crippen LogP contribution >= 0.6 is 0 Å². The fourth-order valence-electron chi connectivity index (χ4n) is 1.91. The quantitative estimate of drug-likeness (QED) is 0.725. The topological polar surface area (TPSA) is 69.8 Å². The van der Waals surface area contributed by atoms with Gasteiger partial charge >= 0.3 is 0 Å². The lowest BCUT2D eigenvalue weighted by Crippen LogP contribution is -2.31. The number of amides is 1. The van der Waals surface area contributed by atoms with E-state index < -0.39 is 0 Å². The molecule has 0 radical (unpaired) electrons. The molecule has 5 nitrogen and oxygen atoms in total. The van der Waals surface area contributed by atoms with Crippen LogP contribution in [-0.2, 0) is 13.0 Å². The van der Waals surface area contributed by atoms with E-state index >= 15 is 0 Å². The van der Waals surface area contributed by atoms with Crippen molar-refractivity contribution in [2.45, 2.75) is 33.2 Å². The van der Waals surface area contributed by atoms with Gasteiger partial charge in [-0.15, -0.1) is 0 Å². The van der Waals surface area contributed by atoms with Crippen molar-refractivity contribution in [1.29, 1.82) is 0 Å². The number of rotatable bonds is 4. The standard InChI is InChI=1S/C12H20N4O/c1-3-8(2)6-14-12(17)11-9-7-13-5-4-10(9)15-16-11/h8,13H,3-7H2,1-2H3,(H,14,17)(H,15,16). The molecule has 1 aliphatic rings. The lowest BCUT2D eigenvalue weighted by molar-refractivity contribution is 0.0941. The largest absolute Gasteiger partial charge is 0.350 e. The fraction of sp³-hybridized carbons (Fsp3) is 0.667. The Morgan fingerprint density at radius 3 is 3.18 bits per heavy atom. The fourth-order valence-corrected chi connectivity index (χ4v) is 1.91. The van der Waals surface area contributed by atoms with Crippen LogP contribution in [-0.4, -0.2) is 29.2 Å². The molecule has 0 aliphatic carbocycles. The van der Waals surface area contributed by atoms with Crippen LogP contribution in [0.4, 0.5) is 0 Å². The number of aromatic nitrogens is 2. The minimum absolute atomic E-state index is 0.0634. The molecule has 2 heterocycles. The van der Waals surface area contributed by atoms with E-state index in [9.17, 15) is 4.79 Å². The Bertz CT molecular complexity index is 399. The summed E-state index contributed by atoms with van der Waals surface area (Å²) in [5.41, 5.74) is 2.67. The molecule has 0 bridgehead atoms. The van der Waals surface area contributed by atoms with Crippen LogP contribution in [0.2, 0.25) is 0 Å². The predicted octanol–water partition coefficient (Wildman–Crippen LogP) is 0.831. The second kappa shape index (κ2) is 5.31. The van der Waals surface area contributed by atoms with Crippen LogP contribution < -0.4 is 10.6 Å². The molecule has 0 saturated carbocycles. The van der Waals surface area contributed by atoms with Crippen LogP contribution in [0, 0.1) is 5.92 Å². The summed E-state index contributed by atoms with van der Waals surface area (Å²) in [6.45, 7) is 6.64.